The topological polar surface area (TPSA) is 56.9 Å². The highest BCUT2D eigenvalue weighted by Gasteiger charge is 2.33. The summed E-state index contributed by atoms with van der Waals surface area (Å²) >= 11 is 5.60. The fourth-order valence-electron chi connectivity index (χ4n) is 3.77. The van der Waals surface area contributed by atoms with Crippen molar-refractivity contribution in [3.05, 3.63) is 89.0 Å². The lowest BCUT2D eigenvalue weighted by Crippen LogP contribution is -2.51. The quantitative estimate of drug-likeness (QED) is 0.433. The first kappa shape index (κ1) is 26.2. The molecule has 2 aromatic carbocycles. The Kier molecular flexibility index (Phi) is 8.18. The Bertz CT molecular complexity index is 1190. The van der Waals surface area contributed by atoms with Gasteiger partial charge in [-0.05, 0) is 62.3 Å². The molecular formula is C26H28F3N5S. The lowest BCUT2D eigenvalue weighted by molar-refractivity contribution is -0.138. The second-order valence-corrected chi connectivity index (χ2v) is 9.59. The Morgan fingerprint density at radius 1 is 1.11 bits per heavy atom. The van der Waals surface area contributed by atoms with Crippen LogP contribution >= 0.6 is 12.2 Å². The molecule has 35 heavy (non-hydrogen) atoms. The number of benzene rings is 2. The monoisotopic (exact) mass is 499 g/mol. The van der Waals surface area contributed by atoms with Crippen molar-refractivity contribution in [3.8, 4) is 6.07 Å². The maximum atomic E-state index is 13.3. The average Bonchev–Trinajstić information content (AvgIpc) is 3.23. The van der Waals surface area contributed by atoms with Crippen LogP contribution in [0.3, 0.4) is 0 Å². The van der Waals surface area contributed by atoms with E-state index in [2.05, 4.69) is 16.4 Å². The van der Waals surface area contributed by atoms with Gasteiger partial charge in [0, 0.05) is 43.5 Å². The molecule has 1 heterocycles. The van der Waals surface area contributed by atoms with Gasteiger partial charge in [-0.2, -0.15) is 18.4 Å². The molecule has 0 radical (unpaired) electrons. The largest absolute Gasteiger partial charge is 0.416 e. The fourth-order valence-corrected chi connectivity index (χ4v) is 4.20. The first-order valence-electron chi connectivity index (χ1n) is 11.2. The molecule has 0 aliphatic rings. The van der Waals surface area contributed by atoms with Gasteiger partial charge in [0.25, 0.3) is 0 Å². The normalized spacial score (nSPS) is 11.7. The molecule has 5 nitrogen and oxygen atoms in total. The van der Waals surface area contributed by atoms with Crippen LogP contribution in [0.4, 0.5) is 13.2 Å². The molecule has 0 spiro atoms. The van der Waals surface area contributed by atoms with Gasteiger partial charge in [-0.25, -0.2) is 4.98 Å². The van der Waals surface area contributed by atoms with E-state index in [1.807, 2.05) is 42.4 Å². The predicted molar refractivity (Wildman–Crippen MR) is 134 cm³/mol. The zero-order valence-electron chi connectivity index (χ0n) is 19.9. The lowest BCUT2D eigenvalue weighted by atomic mass is 10.1. The lowest BCUT2D eigenvalue weighted by Gasteiger charge is -2.38. The molecule has 0 aliphatic carbocycles. The molecule has 0 unspecified atom stereocenters. The van der Waals surface area contributed by atoms with Crippen molar-refractivity contribution >= 4 is 17.3 Å². The molecule has 3 rings (SSSR count). The van der Waals surface area contributed by atoms with E-state index in [9.17, 15) is 13.2 Å². The first-order chi connectivity index (χ1) is 16.5. The number of nitrogens with zero attached hydrogens (tertiary/aromatic N) is 4. The van der Waals surface area contributed by atoms with E-state index >= 15 is 0 Å². The number of imidazole rings is 1. The van der Waals surface area contributed by atoms with Crippen LogP contribution in [-0.2, 0) is 25.7 Å². The Morgan fingerprint density at radius 3 is 2.43 bits per heavy atom. The van der Waals surface area contributed by atoms with Gasteiger partial charge in [-0.3, -0.25) is 0 Å². The van der Waals surface area contributed by atoms with E-state index in [0.717, 1.165) is 17.3 Å². The minimum absolute atomic E-state index is 0.0161. The highest BCUT2D eigenvalue weighted by Crippen LogP contribution is 2.31. The standard InChI is InChI=1S/C26H28F3N5S/c1-25(2,3)34(24(35)32-15-21-6-4-5-7-23(21)26(27,28)29)13-12-22-16-31-18-33(22)17-20-10-8-19(14-30)9-11-20/h4-11,16,18H,12-13,15,17H2,1-3H3,(H,32,35). The van der Waals surface area contributed by atoms with Crippen molar-refractivity contribution in [3.63, 3.8) is 0 Å². The number of halogens is 3. The smallest absolute Gasteiger partial charge is 0.358 e. The number of hydrogen-bond donors (Lipinski definition) is 1. The highest BCUT2D eigenvalue weighted by atomic mass is 32.1. The van der Waals surface area contributed by atoms with Crippen LogP contribution in [-0.4, -0.2) is 31.6 Å². The van der Waals surface area contributed by atoms with E-state index in [4.69, 9.17) is 17.5 Å². The van der Waals surface area contributed by atoms with Gasteiger partial charge >= 0.3 is 6.18 Å². The maximum Gasteiger partial charge on any atom is 0.416 e. The second kappa shape index (κ2) is 10.9. The molecule has 0 bridgehead atoms. The Hall–Kier alpha value is -3.38. The Balaban J connectivity index is 1.67. The third kappa shape index (κ3) is 7.06. The molecule has 0 fully saturated rings. The summed E-state index contributed by atoms with van der Waals surface area (Å²) in [4.78, 5) is 6.27. The maximum absolute atomic E-state index is 13.3. The van der Waals surface area contributed by atoms with Gasteiger partial charge in [0.05, 0.1) is 23.5 Å². The molecule has 0 saturated heterocycles. The van der Waals surface area contributed by atoms with Crippen LogP contribution in [0, 0.1) is 11.3 Å². The molecule has 0 atom stereocenters. The third-order valence-electron chi connectivity index (χ3n) is 5.63. The van der Waals surface area contributed by atoms with E-state index in [1.165, 1.54) is 12.1 Å². The van der Waals surface area contributed by atoms with Crippen molar-refractivity contribution in [2.24, 2.45) is 0 Å². The van der Waals surface area contributed by atoms with Crippen LogP contribution in [0.15, 0.2) is 61.1 Å². The van der Waals surface area contributed by atoms with Crippen molar-refractivity contribution in [2.45, 2.75) is 52.0 Å². The summed E-state index contributed by atoms with van der Waals surface area (Å²) in [6.07, 6.45) is -0.203. The molecular weight excluding hydrogens is 471 g/mol. The van der Waals surface area contributed by atoms with Crippen LogP contribution in [0.1, 0.15) is 48.7 Å². The average molecular weight is 500 g/mol. The van der Waals surface area contributed by atoms with Crippen molar-refractivity contribution in [1.82, 2.24) is 19.8 Å². The van der Waals surface area contributed by atoms with E-state index in [1.54, 1.807) is 30.7 Å². The number of alkyl halides is 3. The SMILES string of the molecule is CC(C)(C)N(CCc1cncn1Cc1ccc(C#N)cc1)C(=S)NCc1ccccc1C(F)(F)F. The van der Waals surface area contributed by atoms with Crippen LogP contribution in [0.5, 0.6) is 0 Å². The number of nitriles is 1. The summed E-state index contributed by atoms with van der Waals surface area (Å²) in [6.45, 7) is 7.20. The van der Waals surface area contributed by atoms with Gasteiger partial charge < -0.3 is 14.8 Å². The number of nitrogens with one attached hydrogen (secondary N) is 1. The molecule has 1 N–H and O–H groups in total. The van der Waals surface area contributed by atoms with Gasteiger partial charge in [-0.15, -0.1) is 0 Å². The van der Waals surface area contributed by atoms with Crippen LogP contribution in [0.25, 0.3) is 0 Å². The predicted octanol–water partition coefficient (Wildman–Crippen LogP) is 5.54. The summed E-state index contributed by atoms with van der Waals surface area (Å²) in [5.74, 6) is 0. The number of aromatic nitrogens is 2. The third-order valence-corrected chi connectivity index (χ3v) is 6.00. The summed E-state index contributed by atoms with van der Waals surface area (Å²) < 4.78 is 42.1. The van der Waals surface area contributed by atoms with Crippen molar-refractivity contribution in [2.75, 3.05) is 6.54 Å². The van der Waals surface area contributed by atoms with E-state index < -0.39 is 11.7 Å². The Labute approximate surface area is 209 Å². The summed E-state index contributed by atoms with van der Waals surface area (Å²) in [7, 11) is 0. The van der Waals surface area contributed by atoms with Crippen molar-refractivity contribution < 1.29 is 13.2 Å². The molecule has 9 heteroatoms. The van der Waals surface area contributed by atoms with Crippen molar-refractivity contribution in [1.29, 1.82) is 5.26 Å². The summed E-state index contributed by atoms with van der Waals surface area (Å²) in [5.41, 5.74) is 1.82. The number of thiocarbonyl (C=S) groups is 1. The second-order valence-electron chi connectivity index (χ2n) is 9.21. The number of hydrogen-bond acceptors (Lipinski definition) is 3. The fraction of sp³-hybridized carbons (Fsp3) is 0.346. The van der Waals surface area contributed by atoms with Gasteiger partial charge in [0.2, 0.25) is 0 Å². The molecule has 3 aromatic rings. The van der Waals surface area contributed by atoms with E-state index in [-0.39, 0.29) is 17.6 Å². The van der Waals surface area contributed by atoms with Gasteiger partial charge in [-0.1, -0.05) is 30.3 Å². The Morgan fingerprint density at radius 2 is 1.80 bits per heavy atom. The molecule has 1 aromatic heterocycles. The first-order valence-corrected chi connectivity index (χ1v) is 11.6. The summed E-state index contributed by atoms with van der Waals surface area (Å²) in [6, 6.07) is 15.0. The zero-order chi connectivity index (χ0) is 25.6. The highest BCUT2D eigenvalue weighted by molar-refractivity contribution is 7.80. The minimum atomic E-state index is -4.42. The molecule has 0 saturated carbocycles. The molecule has 184 valence electrons. The van der Waals surface area contributed by atoms with Crippen LogP contribution in [0.2, 0.25) is 0 Å². The molecule has 0 aliphatic heterocycles. The summed E-state index contributed by atoms with van der Waals surface area (Å²) in [5, 5.41) is 12.4. The van der Waals surface area contributed by atoms with Gasteiger partial charge in [0.1, 0.15) is 0 Å². The van der Waals surface area contributed by atoms with E-state index in [0.29, 0.717) is 30.2 Å². The number of rotatable bonds is 7. The zero-order valence-corrected chi connectivity index (χ0v) is 20.7. The molecule has 0 amide bonds. The minimum Gasteiger partial charge on any atom is -0.358 e. The van der Waals surface area contributed by atoms with Crippen LogP contribution < -0.4 is 5.32 Å². The van der Waals surface area contributed by atoms with Gasteiger partial charge in [0.15, 0.2) is 5.11 Å².